The zero-order valence-corrected chi connectivity index (χ0v) is 24.0. The molecular weight excluding hydrogens is 526 g/mol. The number of aromatic amines is 1. The summed E-state index contributed by atoms with van der Waals surface area (Å²) < 4.78 is 0. The summed E-state index contributed by atoms with van der Waals surface area (Å²) in [5.74, 6) is 6.96. The molecule has 1 saturated heterocycles. The number of anilines is 1. The lowest BCUT2D eigenvalue weighted by Gasteiger charge is -2.22. The van der Waals surface area contributed by atoms with Crippen LogP contribution in [0.2, 0.25) is 0 Å². The second-order valence-electron chi connectivity index (χ2n) is 10.6. The molecule has 214 valence electrons. The molecule has 8 nitrogen and oxygen atoms in total. The number of benzene rings is 3. The summed E-state index contributed by atoms with van der Waals surface area (Å²) in [6, 6.07) is 22.6. The molecule has 1 aliphatic heterocycles. The predicted octanol–water partition coefficient (Wildman–Crippen LogP) is 4.89. The summed E-state index contributed by atoms with van der Waals surface area (Å²) in [5, 5.41) is 2.92. The molecule has 1 atom stereocenters. The van der Waals surface area contributed by atoms with Crippen LogP contribution < -0.4 is 5.32 Å². The van der Waals surface area contributed by atoms with Crippen LogP contribution in [0.1, 0.15) is 55.6 Å². The lowest BCUT2D eigenvalue weighted by atomic mass is 10.1. The van der Waals surface area contributed by atoms with Crippen molar-refractivity contribution in [2.24, 2.45) is 0 Å². The van der Waals surface area contributed by atoms with Gasteiger partial charge in [0.25, 0.3) is 0 Å². The van der Waals surface area contributed by atoms with E-state index in [0.717, 1.165) is 46.4 Å². The van der Waals surface area contributed by atoms with Crippen molar-refractivity contribution in [1.29, 1.82) is 0 Å². The van der Waals surface area contributed by atoms with E-state index in [1.165, 1.54) is 6.92 Å². The lowest BCUT2D eigenvalue weighted by Crippen LogP contribution is -2.42. The number of carbonyl (C=O) groups excluding carboxylic acids is 3. The maximum absolute atomic E-state index is 13.0. The Labute approximate surface area is 246 Å². The fourth-order valence-corrected chi connectivity index (χ4v) is 5.26. The molecule has 0 radical (unpaired) electrons. The highest BCUT2D eigenvalue weighted by atomic mass is 16.2. The summed E-state index contributed by atoms with van der Waals surface area (Å²) in [6.07, 6.45) is 2.75. The van der Waals surface area contributed by atoms with Gasteiger partial charge in [0, 0.05) is 36.8 Å². The van der Waals surface area contributed by atoms with Crippen LogP contribution in [-0.2, 0) is 27.3 Å². The van der Waals surface area contributed by atoms with Crippen molar-refractivity contribution in [1.82, 2.24) is 19.8 Å². The minimum Gasteiger partial charge on any atom is -0.340 e. The average Bonchev–Trinajstić information content (AvgIpc) is 3.64. The highest BCUT2D eigenvalue weighted by Crippen LogP contribution is 2.20. The summed E-state index contributed by atoms with van der Waals surface area (Å²) in [4.78, 5) is 49.0. The number of carbonyl (C=O) groups is 3. The smallest absolute Gasteiger partial charge is 0.247 e. The van der Waals surface area contributed by atoms with Crippen molar-refractivity contribution in [2.75, 3.05) is 18.4 Å². The highest BCUT2D eigenvalue weighted by Gasteiger charge is 2.32. The van der Waals surface area contributed by atoms with Gasteiger partial charge in [-0.2, -0.15) is 0 Å². The Bertz CT molecular complexity index is 1630. The average molecular weight is 562 g/mol. The van der Waals surface area contributed by atoms with E-state index in [4.69, 9.17) is 4.98 Å². The quantitative estimate of drug-likeness (QED) is 0.299. The van der Waals surface area contributed by atoms with Crippen molar-refractivity contribution < 1.29 is 14.4 Å². The molecule has 0 saturated carbocycles. The van der Waals surface area contributed by atoms with Crippen molar-refractivity contribution in [3.05, 3.63) is 95.3 Å². The standard InChI is InChI=1S/C34H35N5O3/c1-3-19-38(33(41)22-26-8-5-4-6-9-26)23-32-36-29-18-15-27(21-30(29)37-32)12-11-25-13-16-28(17-14-25)35-34(42)31-10-7-20-39(31)24(2)40/h4-6,8-9,13-18,21,31H,3,7,10,19-20,22-23H2,1-2H3,(H,35,42)(H,36,37)/t31-/m0/s1. The Morgan fingerprint density at radius 3 is 2.50 bits per heavy atom. The molecule has 3 aromatic carbocycles. The second-order valence-corrected chi connectivity index (χ2v) is 10.6. The molecule has 0 unspecified atom stereocenters. The van der Waals surface area contributed by atoms with Crippen LogP contribution in [-0.4, -0.2) is 56.6 Å². The normalized spacial score (nSPS) is 14.3. The number of likely N-dealkylation sites (tertiary alicyclic amines) is 1. The Kier molecular flexibility index (Phi) is 8.98. The first-order chi connectivity index (χ1) is 20.4. The van der Waals surface area contributed by atoms with Gasteiger partial charge in [-0.05, 0) is 67.3 Å². The van der Waals surface area contributed by atoms with E-state index in [9.17, 15) is 14.4 Å². The van der Waals surface area contributed by atoms with Crippen LogP contribution in [0.3, 0.4) is 0 Å². The Balaban J connectivity index is 1.22. The zero-order valence-electron chi connectivity index (χ0n) is 24.0. The fraction of sp³-hybridized carbons (Fsp3) is 0.294. The number of nitrogens with zero attached hydrogens (tertiary/aromatic N) is 3. The molecule has 1 aliphatic rings. The van der Waals surface area contributed by atoms with Crippen molar-refractivity contribution in [3.8, 4) is 11.8 Å². The molecule has 3 amide bonds. The molecular formula is C34H35N5O3. The first-order valence-electron chi connectivity index (χ1n) is 14.4. The van der Waals surface area contributed by atoms with Crippen LogP contribution in [0, 0.1) is 11.8 Å². The Hall–Kier alpha value is -4.90. The molecule has 0 aliphatic carbocycles. The summed E-state index contributed by atoms with van der Waals surface area (Å²) >= 11 is 0. The van der Waals surface area contributed by atoms with Crippen LogP contribution in [0.5, 0.6) is 0 Å². The maximum atomic E-state index is 13.0. The van der Waals surface area contributed by atoms with E-state index in [-0.39, 0.29) is 17.7 Å². The van der Waals surface area contributed by atoms with Gasteiger partial charge in [0.1, 0.15) is 11.9 Å². The molecule has 8 heteroatoms. The molecule has 2 heterocycles. The van der Waals surface area contributed by atoms with E-state index in [1.807, 2.05) is 77.7 Å². The van der Waals surface area contributed by atoms with Crippen LogP contribution in [0.4, 0.5) is 5.69 Å². The van der Waals surface area contributed by atoms with Gasteiger partial charge in [-0.25, -0.2) is 4.98 Å². The van der Waals surface area contributed by atoms with Crippen molar-refractivity contribution >= 4 is 34.4 Å². The molecule has 1 aromatic heterocycles. The molecule has 0 bridgehead atoms. The van der Waals surface area contributed by atoms with Gasteiger partial charge in [0.05, 0.1) is 24.0 Å². The number of fused-ring (bicyclic) bond motifs is 1. The number of aromatic nitrogens is 2. The Morgan fingerprint density at radius 2 is 1.76 bits per heavy atom. The molecule has 42 heavy (non-hydrogen) atoms. The van der Waals surface area contributed by atoms with Crippen LogP contribution in [0.15, 0.2) is 72.8 Å². The molecule has 0 spiro atoms. The van der Waals surface area contributed by atoms with Gasteiger partial charge < -0.3 is 20.1 Å². The maximum Gasteiger partial charge on any atom is 0.247 e. The summed E-state index contributed by atoms with van der Waals surface area (Å²) in [7, 11) is 0. The second kappa shape index (κ2) is 13.2. The minimum atomic E-state index is -0.413. The van der Waals surface area contributed by atoms with Gasteiger partial charge >= 0.3 is 0 Å². The number of hydrogen-bond donors (Lipinski definition) is 2. The fourth-order valence-electron chi connectivity index (χ4n) is 5.26. The van der Waals surface area contributed by atoms with E-state index >= 15 is 0 Å². The summed E-state index contributed by atoms with van der Waals surface area (Å²) in [5.41, 5.74) is 5.03. The minimum absolute atomic E-state index is 0.0739. The largest absolute Gasteiger partial charge is 0.340 e. The number of H-pyrrole nitrogens is 1. The first kappa shape index (κ1) is 28.6. The van der Waals surface area contributed by atoms with Gasteiger partial charge in [-0.3, -0.25) is 14.4 Å². The molecule has 4 aromatic rings. The van der Waals surface area contributed by atoms with Crippen molar-refractivity contribution in [3.63, 3.8) is 0 Å². The molecule has 1 fully saturated rings. The van der Waals surface area contributed by atoms with Crippen molar-refractivity contribution in [2.45, 2.75) is 52.1 Å². The third kappa shape index (κ3) is 7.05. The zero-order chi connectivity index (χ0) is 29.5. The van der Waals surface area contributed by atoms with Crippen LogP contribution in [0.25, 0.3) is 11.0 Å². The number of amides is 3. The van der Waals surface area contributed by atoms with E-state index < -0.39 is 6.04 Å². The summed E-state index contributed by atoms with van der Waals surface area (Å²) in [6.45, 7) is 5.28. The number of imidazole rings is 1. The van der Waals surface area contributed by atoms with E-state index in [2.05, 4.69) is 29.1 Å². The van der Waals surface area contributed by atoms with Crippen LogP contribution >= 0.6 is 0 Å². The number of hydrogen-bond acceptors (Lipinski definition) is 4. The predicted molar refractivity (Wildman–Crippen MR) is 163 cm³/mol. The first-order valence-corrected chi connectivity index (χ1v) is 14.4. The van der Waals surface area contributed by atoms with E-state index in [0.29, 0.717) is 38.2 Å². The van der Waals surface area contributed by atoms with Gasteiger partial charge in [-0.1, -0.05) is 49.1 Å². The monoisotopic (exact) mass is 561 g/mol. The SMILES string of the molecule is CCCN(Cc1nc2ccc(C#Cc3ccc(NC(=O)[C@@H]4CCCN4C(C)=O)cc3)cc2[nH]1)C(=O)Cc1ccccc1. The number of rotatable bonds is 8. The third-order valence-electron chi connectivity index (χ3n) is 7.38. The Morgan fingerprint density at radius 1 is 1.02 bits per heavy atom. The van der Waals surface area contributed by atoms with Gasteiger partial charge in [-0.15, -0.1) is 0 Å². The van der Waals surface area contributed by atoms with Gasteiger partial charge in [0.2, 0.25) is 17.7 Å². The van der Waals surface area contributed by atoms with Gasteiger partial charge in [0.15, 0.2) is 0 Å². The molecule has 5 rings (SSSR count). The van der Waals surface area contributed by atoms with E-state index in [1.54, 1.807) is 4.90 Å². The lowest BCUT2D eigenvalue weighted by molar-refractivity contribution is -0.134. The topological polar surface area (TPSA) is 98.4 Å². The number of nitrogens with one attached hydrogen (secondary N) is 2. The third-order valence-corrected chi connectivity index (χ3v) is 7.38. The highest BCUT2D eigenvalue weighted by molar-refractivity contribution is 5.97. The molecule has 2 N–H and O–H groups in total.